The molecule has 2 heterocycles. The second kappa shape index (κ2) is 4.72. The van der Waals surface area contributed by atoms with Gasteiger partial charge in [0.1, 0.15) is 5.52 Å². The highest BCUT2D eigenvalue weighted by molar-refractivity contribution is 7.99. The van der Waals surface area contributed by atoms with Gasteiger partial charge in [0.2, 0.25) is 0 Å². The minimum atomic E-state index is 0.725. The van der Waals surface area contributed by atoms with E-state index in [1.54, 1.807) is 0 Å². The van der Waals surface area contributed by atoms with Crippen molar-refractivity contribution < 1.29 is 4.42 Å². The number of hydrogen-bond acceptors (Lipinski definition) is 5. The average Bonchev–Trinajstić information content (AvgIpc) is 2.81. The fourth-order valence-electron chi connectivity index (χ4n) is 2.35. The number of nitrogens with two attached hydrogens (primary N) is 1. The van der Waals surface area contributed by atoms with Crippen LogP contribution in [0.5, 0.6) is 0 Å². The van der Waals surface area contributed by atoms with Crippen molar-refractivity contribution >= 4 is 34.6 Å². The molecule has 1 saturated heterocycles. The van der Waals surface area contributed by atoms with Gasteiger partial charge in [-0.1, -0.05) is 0 Å². The van der Waals surface area contributed by atoms with E-state index in [-0.39, 0.29) is 0 Å². The highest BCUT2D eigenvalue weighted by atomic mass is 32.2. The summed E-state index contributed by atoms with van der Waals surface area (Å²) in [5.41, 5.74) is 8.13. The Labute approximate surface area is 111 Å². The Bertz CT molecular complexity index is 546. The summed E-state index contributed by atoms with van der Waals surface area (Å²) in [6.45, 7) is 2.04. The molecule has 2 N–H and O–H groups in total. The fraction of sp³-hybridized carbons (Fsp3) is 0.462. The lowest BCUT2D eigenvalue weighted by Crippen LogP contribution is -2.34. The van der Waals surface area contributed by atoms with Gasteiger partial charge >= 0.3 is 0 Å². The molecule has 1 fully saturated rings. The monoisotopic (exact) mass is 263 g/mol. The van der Waals surface area contributed by atoms with E-state index in [2.05, 4.69) is 16.1 Å². The van der Waals surface area contributed by atoms with Crippen molar-refractivity contribution in [2.24, 2.45) is 0 Å². The number of rotatable bonds is 2. The molecule has 0 spiro atoms. The molecule has 3 rings (SSSR count). The van der Waals surface area contributed by atoms with Crippen molar-refractivity contribution in [3.8, 4) is 0 Å². The molecule has 0 atom stereocenters. The van der Waals surface area contributed by atoms with Crippen LogP contribution < -0.4 is 10.6 Å². The van der Waals surface area contributed by atoms with Gasteiger partial charge in [-0.3, -0.25) is 0 Å². The number of nitrogens with zero attached hydrogens (tertiary/aromatic N) is 2. The van der Waals surface area contributed by atoms with Gasteiger partial charge in [0.05, 0.1) is 0 Å². The van der Waals surface area contributed by atoms with Crippen molar-refractivity contribution in [1.29, 1.82) is 0 Å². The summed E-state index contributed by atoms with van der Waals surface area (Å²) in [6, 6.07) is 6.32. The second-order valence-corrected chi connectivity index (χ2v) is 5.78. The van der Waals surface area contributed by atoms with Gasteiger partial charge in [0.15, 0.2) is 5.58 Å². The molecule has 0 amide bonds. The summed E-state index contributed by atoms with van der Waals surface area (Å²) in [5, 5.41) is 0.779. The van der Waals surface area contributed by atoms with Crippen LogP contribution in [0.2, 0.25) is 0 Å². The third-order valence-electron chi connectivity index (χ3n) is 3.45. The molecule has 0 saturated carbocycles. The largest absolute Gasteiger partial charge is 0.423 e. The number of aromatic nitrogens is 1. The van der Waals surface area contributed by atoms with Gasteiger partial charge < -0.3 is 15.1 Å². The molecule has 1 aromatic carbocycles. The second-order valence-electron chi connectivity index (χ2n) is 4.65. The highest BCUT2D eigenvalue weighted by Crippen LogP contribution is 2.28. The van der Waals surface area contributed by atoms with Crippen LogP contribution in [0.15, 0.2) is 22.6 Å². The van der Waals surface area contributed by atoms with Crippen molar-refractivity contribution in [3.05, 3.63) is 18.2 Å². The summed E-state index contributed by atoms with van der Waals surface area (Å²) in [4.78, 5) is 6.75. The lowest BCUT2D eigenvalue weighted by Gasteiger charge is -2.29. The first-order valence-electron chi connectivity index (χ1n) is 6.20. The van der Waals surface area contributed by atoms with E-state index < -0.39 is 0 Å². The van der Waals surface area contributed by atoms with Crippen LogP contribution >= 0.6 is 11.8 Å². The average molecular weight is 263 g/mol. The summed E-state index contributed by atoms with van der Waals surface area (Å²) in [5.74, 6) is 0. The van der Waals surface area contributed by atoms with Crippen molar-refractivity contribution in [3.63, 3.8) is 0 Å². The minimum absolute atomic E-state index is 0.725. The summed E-state index contributed by atoms with van der Waals surface area (Å²) in [7, 11) is 0. The molecular formula is C13H17N3OS. The van der Waals surface area contributed by atoms with Crippen LogP contribution in [0.3, 0.4) is 0 Å². The summed E-state index contributed by atoms with van der Waals surface area (Å²) in [6.07, 6.45) is 4.58. The number of hydrogen-bond donors (Lipinski definition) is 1. The van der Waals surface area contributed by atoms with E-state index in [9.17, 15) is 0 Å². The topological polar surface area (TPSA) is 55.3 Å². The quantitative estimate of drug-likeness (QED) is 0.844. The molecule has 1 aliphatic heterocycles. The third-order valence-corrected chi connectivity index (χ3v) is 4.58. The van der Waals surface area contributed by atoms with E-state index in [4.69, 9.17) is 10.2 Å². The third kappa shape index (κ3) is 2.14. The zero-order valence-corrected chi connectivity index (χ0v) is 11.2. The molecule has 18 heavy (non-hydrogen) atoms. The van der Waals surface area contributed by atoms with Crippen LogP contribution in [0.25, 0.3) is 11.1 Å². The van der Waals surface area contributed by atoms with Crippen molar-refractivity contribution in [1.82, 2.24) is 4.98 Å². The standard InChI is InChI=1S/C13H17N3OS/c1-18-10-4-6-16(7-5-10)13-15-11-8-9(14)2-3-12(11)17-13/h2-3,8,10H,4-7,14H2,1H3. The predicted octanol–water partition coefficient (Wildman–Crippen LogP) is 2.74. The zero-order chi connectivity index (χ0) is 12.5. The Kier molecular flexibility index (Phi) is 3.07. The van der Waals surface area contributed by atoms with E-state index in [0.29, 0.717) is 0 Å². The number of fused-ring (bicyclic) bond motifs is 1. The normalized spacial score (nSPS) is 17.5. The van der Waals surface area contributed by atoms with Crippen molar-refractivity contribution in [2.45, 2.75) is 18.1 Å². The van der Waals surface area contributed by atoms with Gasteiger partial charge in [0.25, 0.3) is 6.01 Å². The highest BCUT2D eigenvalue weighted by Gasteiger charge is 2.21. The maximum atomic E-state index is 5.78. The molecule has 0 unspecified atom stereocenters. The van der Waals surface area contributed by atoms with E-state index in [1.165, 1.54) is 12.8 Å². The van der Waals surface area contributed by atoms with E-state index in [1.807, 2.05) is 30.0 Å². The number of oxazole rings is 1. The van der Waals surface area contributed by atoms with Gasteiger partial charge in [-0.2, -0.15) is 16.7 Å². The number of thioether (sulfide) groups is 1. The first-order chi connectivity index (χ1) is 8.76. The van der Waals surface area contributed by atoms with Crippen LogP contribution in [0, 0.1) is 0 Å². The molecule has 4 nitrogen and oxygen atoms in total. The molecule has 1 aliphatic rings. The molecule has 96 valence electrons. The van der Waals surface area contributed by atoms with Crippen LogP contribution in [-0.4, -0.2) is 29.6 Å². The Morgan fingerprint density at radius 2 is 2.17 bits per heavy atom. The lowest BCUT2D eigenvalue weighted by atomic mass is 10.1. The smallest absolute Gasteiger partial charge is 0.298 e. The molecular weight excluding hydrogens is 246 g/mol. The van der Waals surface area contributed by atoms with Gasteiger partial charge in [0, 0.05) is 24.0 Å². The first kappa shape index (κ1) is 11.7. The van der Waals surface area contributed by atoms with Crippen LogP contribution in [-0.2, 0) is 0 Å². The molecule has 0 bridgehead atoms. The molecule has 0 aliphatic carbocycles. The maximum absolute atomic E-state index is 5.78. The van der Waals surface area contributed by atoms with E-state index >= 15 is 0 Å². The Hall–Kier alpha value is -1.36. The Balaban J connectivity index is 1.82. The first-order valence-corrected chi connectivity index (χ1v) is 7.49. The summed E-state index contributed by atoms with van der Waals surface area (Å²) < 4.78 is 5.78. The lowest BCUT2D eigenvalue weighted by molar-refractivity contribution is 0.516. The Morgan fingerprint density at radius 3 is 2.89 bits per heavy atom. The van der Waals surface area contributed by atoms with Crippen LogP contribution in [0.1, 0.15) is 12.8 Å². The molecule has 2 aromatic rings. The predicted molar refractivity (Wildman–Crippen MR) is 77.2 cm³/mol. The minimum Gasteiger partial charge on any atom is -0.423 e. The number of nitrogen functional groups attached to an aromatic ring is 1. The van der Waals surface area contributed by atoms with Crippen molar-refractivity contribution in [2.75, 3.05) is 30.0 Å². The summed E-state index contributed by atoms with van der Waals surface area (Å²) >= 11 is 1.96. The molecule has 5 heteroatoms. The van der Waals surface area contributed by atoms with Crippen LogP contribution in [0.4, 0.5) is 11.7 Å². The van der Waals surface area contributed by atoms with Gasteiger partial charge in [-0.15, -0.1) is 0 Å². The van der Waals surface area contributed by atoms with Gasteiger partial charge in [-0.25, -0.2) is 0 Å². The number of benzene rings is 1. The SMILES string of the molecule is CSC1CCN(c2nc3cc(N)ccc3o2)CC1. The van der Waals surface area contributed by atoms with E-state index in [0.717, 1.165) is 41.1 Å². The fourth-order valence-corrected chi connectivity index (χ4v) is 3.03. The zero-order valence-electron chi connectivity index (χ0n) is 10.4. The number of anilines is 2. The molecule has 1 aromatic heterocycles. The molecule has 0 radical (unpaired) electrons. The maximum Gasteiger partial charge on any atom is 0.298 e. The number of piperidine rings is 1. The van der Waals surface area contributed by atoms with Gasteiger partial charge in [-0.05, 0) is 37.3 Å². The Morgan fingerprint density at radius 1 is 1.39 bits per heavy atom.